The molecule has 0 aliphatic heterocycles. The first-order chi connectivity index (χ1) is 12.4. The number of carbonyl (C=O) groups excluding carboxylic acids is 1. The number of carboxylic acids is 1. The van der Waals surface area contributed by atoms with Gasteiger partial charge in [-0.05, 0) is 60.6 Å². The Morgan fingerprint density at radius 1 is 1.26 bits per heavy atom. The Labute approximate surface area is 196 Å². The van der Waals surface area contributed by atoms with Crippen molar-refractivity contribution in [1.82, 2.24) is 4.40 Å². The van der Waals surface area contributed by atoms with E-state index in [1.807, 2.05) is 0 Å². The van der Waals surface area contributed by atoms with Gasteiger partial charge in [0.25, 0.3) is 5.56 Å². The smallest absolute Gasteiger partial charge is 0.545 e. The molecular weight excluding hydrogens is 376 g/mol. The van der Waals surface area contributed by atoms with Crippen LogP contribution < -0.4 is 62.1 Å². The molecule has 7 heteroatoms. The van der Waals surface area contributed by atoms with Crippen molar-refractivity contribution in [2.45, 2.75) is 25.7 Å². The summed E-state index contributed by atoms with van der Waals surface area (Å²) < 4.78 is 15.9. The number of aromatic carboxylic acids is 1. The van der Waals surface area contributed by atoms with Crippen LogP contribution in [0.25, 0.3) is 16.6 Å². The second-order valence-electron chi connectivity index (χ2n) is 6.62. The van der Waals surface area contributed by atoms with E-state index in [9.17, 15) is 24.2 Å². The third kappa shape index (κ3) is 3.50. The normalized spacial score (nSPS) is 13.4. The van der Waals surface area contributed by atoms with Gasteiger partial charge in [0.2, 0.25) is 0 Å². The van der Waals surface area contributed by atoms with Crippen LogP contribution in [0.2, 0.25) is 0 Å². The van der Waals surface area contributed by atoms with E-state index in [4.69, 9.17) is 0 Å². The van der Waals surface area contributed by atoms with Crippen molar-refractivity contribution < 1.29 is 70.8 Å². The second-order valence-corrected chi connectivity index (χ2v) is 6.62. The number of nitrogens with zero attached hydrogens (tertiary/aromatic N) is 1. The van der Waals surface area contributed by atoms with E-state index in [0.717, 1.165) is 29.0 Å². The number of aromatic nitrogens is 1. The fourth-order valence-electron chi connectivity index (χ4n) is 3.49. The van der Waals surface area contributed by atoms with Crippen molar-refractivity contribution in [1.29, 1.82) is 0 Å². The number of aromatic hydroxyl groups is 1. The van der Waals surface area contributed by atoms with Gasteiger partial charge in [0, 0.05) is 11.8 Å². The summed E-state index contributed by atoms with van der Waals surface area (Å²) >= 11 is 0. The molecule has 1 saturated carbocycles. The van der Waals surface area contributed by atoms with Gasteiger partial charge in [-0.15, -0.1) is 0 Å². The SMILES string of the molecule is Cc1c(-c2ccc(O)cc2)c(F)cn2c(=O)c(C(=O)[O-])cc(C3CC3)c12.[K+]. The molecule has 1 aliphatic carbocycles. The zero-order valence-electron chi connectivity index (χ0n) is 15.0. The molecule has 132 valence electrons. The minimum absolute atomic E-state index is 0. The van der Waals surface area contributed by atoms with Gasteiger partial charge in [-0.3, -0.25) is 9.20 Å². The zero-order valence-corrected chi connectivity index (χ0v) is 18.1. The van der Waals surface area contributed by atoms with Gasteiger partial charge in [0.1, 0.15) is 11.6 Å². The Kier molecular flexibility index (Phi) is 5.61. The molecule has 27 heavy (non-hydrogen) atoms. The van der Waals surface area contributed by atoms with Crippen LogP contribution in [0.4, 0.5) is 4.39 Å². The number of rotatable bonds is 3. The van der Waals surface area contributed by atoms with Crippen molar-refractivity contribution in [3.8, 4) is 16.9 Å². The van der Waals surface area contributed by atoms with Gasteiger partial charge in [-0.25, -0.2) is 4.39 Å². The predicted octanol–water partition coefficient (Wildman–Crippen LogP) is -0.635. The minimum Gasteiger partial charge on any atom is -0.545 e. The Morgan fingerprint density at radius 3 is 2.44 bits per heavy atom. The molecule has 2 aromatic heterocycles. The van der Waals surface area contributed by atoms with Gasteiger partial charge in [0.05, 0.1) is 17.0 Å². The van der Waals surface area contributed by atoms with Crippen molar-refractivity contribution in [2.24, 2.45) is 0 Å². The maximum atomic E-state index is 14.8. The van der Waals surface area contributed by atoms with Gasteiger partial charge >= 0.3 is 51.4 Å². The molecule has 1 aromatic carbocycles. The minimum atomic E-state index is -1.56. The molecule has 1 fully saturated rings. The molecule has 2 heterocycles. The summed E-state index contributed by atoms with van der Waals surface area (Å²) in [6, 6.07) is 7.50. The molecule has 3 aromatic rings. The molecular formula is C20H15FKNO4. The Morgan fingerprint density at radius 2 is 1.89 bits per heavy atom. The summed E-state index contributed by atoms with van der Waals surface area (Å²) in [5, 5.41) is 20.8. The number of phenolic OH excluding ortho intramolecular Hbond substituents is 1. The summed E-state index contributed by atoms with van der Waals surface area (Å²) in [5.74, 6) is -1.98. The molecule has 4 rings (SSSR count). The van der Waals surface area contributed by atoms with E-state index in [1.54, 1.807) is 19.1 Å². The fourth-order valence-corrected chi connectivity index (χ4v) is 3.49. The van der Waals surface area contributed by atoms with Gasteiger partial charge in [0.15, 0.2) is 0 Å². The molecule has 0 radical (unpaired) electrons. The number of carbonyl (C=O) groups is 1. The Balaban J connectivity index is 0.00000210. The van der Waals surface area contributed by atoms with Crippen LogP contribution in [0.5, 0.6) is 5.75 Å². The first-order valence-electron chi connectivity index (χ1n) is 8.27. The first kappa shape index (κ1) is 20.2. The van der Waals surface area contributed by atoms with Gasteiger partial charge < -0.3 is 15.0 Å². The number of carboxylic acid groups (broad SMARTS) is 1. The predicted molar refractivity (Wildman–Crippen MR) is 91.8 cm³/mol. The van der Waals surface area contributed by atoms with Crippen molar-refractivity contribution in [3.63, 3.8) is 0 Å². The number of fused-ring (bicyclic) bond motifs is 1. The van der Waals surface area contributed by atoms with E-state index in [1.165, 1.54) is 18.2 Å². The summed E-state index contributed by atoms with van der Waals surface area (Å²) in [6.07, 6.45) is 2.82. The molecule has 1 aliphatic rings. The van der Waals surface area contributed by atoms with E-state index < -0.39 is 22.9 Å². The molecule has 0 unspecified atom stereocenters. The number of hydrogen-bond donors (Lipinski definition) is 1. The van der Waals surface area contributed by atoms with Gasteiger partial charge in [-0.2, -0.15) is 0 Å². The molecule has 0 spiro atoms. The van der Waals surface area contributed by atoms with Crippen LogP contribution in [0.15, 0.2) is 41.3 Å². The van der Waals surface area contributed by atoms with Crippen molar-refractivity contribution in [2.75, 3.05) is 0 Å². The van der Waals surface area contributed by atoms with Gasteiger partial charge in [-0.1, -0.05) is 12.1 Å². The van der Waals surface area contributed by atoms with E-state index in [-0.39, 0.29) is 63.1 Å². The summed E-state index contributed by atoms with van der Waals surface area (Å²) in [6.45, 7) is 1.71. The van der Waals surface area contributed by atoms with Crippen LogP contribution in [-0.4, -0.2) is 15.5 Å². The maximum absolute atomic E-state index is 14.8. The molecule has 5 nitrogen and oxygen atoms in total. The average molecular weight is 391 g/mol. The second kappa shape index (κ2) is 7.48. The summed E-state index contributed by atoms with van der Waals surface area (Å²) in [5.41, 5.74) is 1.45. The number of aryl methyl sites for hydroxylation is 1. The van der Waals surface area contributed by atoms with Crippen LogP contribution in [0, 0.1) is 12.7 Å². The van der Waals surface area contributed by atoms with E-state index in [2.05, 4.69) is 0 Å². The first-order valence-corrected chi connectivity index (χ1v) is 8.27. The average Bonchev–Trinajstić information content (AvgIpc) is 3.42. The zero-order chi connectivity index (χ0) is 18.6. The van der Waals surface area contributed by atoms with Crippen molar-refractivity contribution >= 4 is 11.5 Å². The Bertz CT molecular complexity index is 1120. The fraction of sp³-hybridized carbons (Fsp3) is 0.200. The van der Waals surface area contributed by atoms with Crippen LogP contribution >= 0.6 is 0 Å². The van der Waals surface area contributed by atoms with Crippen molar-refractivity contribution in [3.05, 3.63) is 69.4 Å². The van der Waals surface area contributed by atoms with E-state index >= 15 is 0 Å². The topological polar surface area (TPSA) is 81.8 Å². The largest absolute Gasteiger partial charge is 1.00 e. The molecule has 0 saturated heterocycles. The number of hydrogen-bond acceptors (Lipinski definition) is 4. The van der Waals surface area contributed by atoms with Crippen LogP contribution in [-0.2, 0) is 0 Å². The third-order valence-corrected chi connectivity index (χ3v) is 4.87. The number of halogens is 1. The number of phenols is 1. The van der Waals surface area contributed by atoms with Crippen LogP contribution in [0.3, 0.4) is 0 Å². The molecule has 1 N–H and O–H groups in total. The quantitative estimate of drug-likeness (QED) is 0.603. The molecule has 0 atom stereocenters. The summed E-state index contributed by atoms with van der Waals surface area (Å²) in [4.78, 5) is 23.8. The summed E-state index contributed by atoms with van der Waals surface area (Å²) in [7, 11) is 0. The monoisotopic (exact) mass is 391 g/mol. The Hall–Kier alpha value is -1.51. The number of pyridine rings is 2. The standard InChI is InChI=1S/C20H16FNO4.K/c1-10-17(12-4-6-13(23)7-5-12)16(21)9-22-18(10)14(11-2-3-11)8-15(19(22)24)20(25)26;/h4-9,11,23H,2-3H2,1H3,(H,25,26);/q;+1/p-1. The van der Waals surface area contributed by atoms with Crippen LogP contribution in [0.1, 0.15) is 40.2 Å². The van der Waals surface area contributed by atoms with E-state index in [0.29, 0.717) is 22.2 Å². The molecule has 0 amide bonds. The maximum Gasteiger partial charge on any atom is 1.00 e. The molecule has 0 bridgehead atoms. The number of benzene rings is 1. The third-order valence-electron chi connectivity index (χ3n) is 4.87.